The van der Waals surface area contributed by atoms with Gasteiger partial charge < -0.3 is 16.0 Å². The maximum Gasteiger partial charge on any atom is 0.242 e. The van der Waals surface area contributed by atoms with Crippen LogP contribution >= 0.6 is 0 Å². The molecule has 2 aromatic rings. The van der Waals surface area contributed by atoms with E-state index >= 15 is 0 Å². The molecule has 0 fully saturated rings. The number of carbonyl (C=O) groups is 1. The quantitative estimate of drug-likeness (QED) is 0.706. The normalized spacial score (nSPS) is 12.9. The van der Waals surface area contributed by atoms with Gasteiger partial charge in [0.15, 0.2) is 11.5 Å². The molecule has 0 aliphatic rings. The van der Waals surface area contributed by atoms with E-state index < -0.39 is 6.04 Å². The summed E-state index contributed by atoms with van der Waals surface area (Å²) >= 11 is 0. The van der Waals surface area contributed by atoms with Gasteiger partial charge in [0, 0.05) is 0 Å². The van der Waals surface area contributed by atoms with Crippen LogP contribution in [0.4, 0.5) is 5.82 Å². The van der Waals surface area contributed by atoms with Gasteiger partial charge in [0.1, 0.15) is 11.8 Å². The number of H-pyrrole nitrogens is 1. The summed E-state index contributed by atoms with van der Waals surface area (Å²) in [6, 6.07) is -0.567. The van der Waals surface area contributed by atoms with E-state index in [0.29, 0.717) is 17.0 Å². The molecule has 0 saturated heterocycles. The molecular formula is C10H14N6O. The Labute approximate surface area is 97.9 Å². The van der Waals surface area contributed by atoms with Crippen LogP contribution in [0.3, 0.4) is 0 Å². The van der Waals surface area contributed by atoms with Crippen molar-refractivity contribution in [1.82, 2.24) is 19.9 Å². The fourth-order valence-corrected chi connectivity index (χ4v) is 1.36. The number of rotatable bonds is 3. The minimum Gasteiger partial charge on any atom is -0.340 e. The molecule has 7 nitrogen and oxygen atoms in total. The Morgan fingerprint density at radius 2 is 2.18 bits per heavy atom. The van der Waals surface area contributed by atoms with Crippen LogP contribution in [0, 0.1) is 5.92 Å². The van der Waals surface area contributed by atoms with E-state index in [0.717, 1.165) is 0 Å². The van der Waals surface area contributed by atoms with Gasteiger partial charge in [-0.25, -0.2) is 15.0 Å². The zero-order valence-electron chi connectivity index (χ0n) is 9.64. The van der Waals surface area contributed by atoms with Gasteiger partial charge >= 0.3 is 0 Å². The largest absolute Gasteiger partial charge is 0.340 e. The lowest BCUT2D eigenvalue weighted by atomic mass is 10.1. The fraction of sp³-hybridized carbons (Fsp3) is 0.400. The van der Waals surface area contributed by atoms with Crippen LogP contribution in [-0.2, 0) is 4.79 Å². The number of carbonyl (C=O) groups excluding carboxylic acids is 1. The first-order valence-corrected chi connectivity index (χ1v) is 5.30. The number of hydrogen-bond donors (Lipinski definition) is 3. The second kappa shape index (κ2) is 4.46. The monoisotopic (exact) mass is 234 g/mol. The maximum absolute atomic E-state index is 11.8. The molecule has 4 N–H and O–H groups in total. The van der Waals surface area contributed by atoms with E-state index in [4.69, 9.17) is 5.73 Å². The van der Waals surface area contributed by atoms with Crippen LogP contribution in [0.1, 0.15) is 13.8 Å². The molecule has 90 valence electrons. The van der Waals surface area contributed by atoms with Crippen molar-refractivity contribution in [1.29, 1.82) is 0 Å². The number of imidazole rings is 1. The first kappa shape index (κ1) is 11.5. The zero-order chi connectivity index (χ0) is 12.4. The molecule has 0 radical (unpaired) electrons. The highest BCUT2D eigenvalue weighted by Gasteiger charge is 2.19. The predicted molar refractivity (Wildman–Crippen MR) is 63.1 cm³/mol. The van der Waals surface area contributed by atoms with Crippen molar-refractivity contribution in [3.63, 3.8) is 0 Å². The summed E-state index contributed by atoms with van der Waals surface area (Å²) < 4.78 is 0. The molecule has 1 atom stereocenters. The number of nitrogens with one attached hydrogen (secondary N) is 2. The van der Waals surface area contributed by atoms with Crippen molar-refractivity contribution >= 4 is 22.9 Å². The van der Waals surface area contributed by atoms with Crippen molar-refractivity contribution in [2.24, 2.45) is 11.7 Å². The van der Waals surface area contributed by atoms with E-state index in [-0.39, 0.29) is 11.8 Å². The van der Waals surface area contributed by atoms with Gasteiger partial charge in [-0.2, -0.15) is 0 Å². The molecule has 0 saturated carbocycles. The number of anilines is 1. The first-order chi connectivity index (χ1) is 8.09. The lowest BCUT2D eigenvalue weighted by Crippen LogP contribution is -2.40. The third kappa shape index (κ3) is 2.23. The zero-order valence-corrected chi connectivity index (χ0v) is 9.64. The smallest absolute Gasteiger partial charge is 0.242 e. The number of fused-ring (bicyclic) bond motifs is 1. The van der Waals surface area contributed by atoms with E-state index in [1.165, 1.54) is 12.7 Å². The fourth-order valence-electron chi connectivity index (χ4n) is 1.36. The Balaban J connectivity index is 2.24. The van der Waals surface area contributed by atoms with Crippen LogP contribution in [-0.4, -0.2) is 31.9 Å². The topological polar surface area (TPSA) is 110 Å². The highest BCUT2D eigenvalue weighted by molar-refractivity contribution is 5.99. The van der Waals surface area contributed by atoms with Crippen LogP contribution in [0.25, 0.3) is 11.2 Å². The summed E-state index contributed by atoms with van der Waals surface area (Å²) in [6.07, 6.45) is 2.84. The third-order valence-corrected chi connectivity index (χ3v) is 2.49. The summed E-state index contributed by atoms with van der Waals surface area (Å²) in [4.78, 5) is 26.6. The summed E-state index contributed by atoms with van der Waals surface area (Å²) in [5, 5.41) is 2.67. The van der Waals surface area contributed by atoms with E-state index in [2.05, 4.69) is 25.3 Å². The SMILES string of the molecule is CC(C)C(N)C(=O)Nc1ncnc2nc[nH]c12. The van der Waals surface area contributed by atoms with Gasteiger partial charge in [0.2, 0.25) is 5.91 Å². The minimum absolute atomic E-state index is 0.0640. The third-order valence-electron chi connectivity index (χ3n) is 2.49. The molecule has 0 aliphatic carbocycles. The number of amides is 1. The van der Waals surface area contributed by atoms with Crippen molar-refractivity contribution < 1.29 is 4.79 Å². The Morgan fingerprint density at radius 1 is 1.41 bits per heavy atom. The minimum atomic E-state index is -0.567. The summed E-state index contributed by atoms with van der Waals surface area (Å²) in [7, 11) is 0. The molecule has 0 aromatic carbocycles. The number of aromatic nitrogens is 4. The van der Waals surface area contributed by atoms with Crippen molar-refractivity contribution in [3.05, 3.63) is 12.7 Å². The Morgan fingerprint density at radius 3 is 2.88 bits per heavy atom. The highest BCUT2D eigenvalue weighted by Crippen LogP contribution is 2.14. The highest BCUT2D eigenvalue weighted by atomic mass is 16.2. The van der Waals surface area contributed by atoms with Gasteiger partial charge in [-0.1, -0.05) is 13.8 Å². The van der Waals surface area contributed by atoms with Gasteiger partial charge in [-0.15, -0.1) is 0 Å². The molecule has 17 heavy (non-hydrogen) atoms. The van der Waals surface area contributed by atoms with Gasteiger partial charge in [-0.05, 0) is 5.92 Å². The molecule has 2 heterocycles. The molecule has 1 unspecified atom stereocenters. The summed E-state index contributed by atoms with van der Waals surface area (Å²) in [5.41, 5.74) is 6.85. The second-order valence-corrected chi connectivity index (χ2v) is 4.08. The molecular weight excluding hydrogens is 220 g/mol. The van der Waals surface area contributed by atoms with Gasteiger partial charge in [0.25, 0.3) is 0 Å². The Bertz CT molecular complexity index is 534. The average Bonchev–Trinajstić information content (AvgIpc) is 2.76. The molecule has 0 spiro atoms. The van der Waals surface area contributed by atoms with E-state index in [9.17, 15) is 4.79 Å². The second-order valence-electron chi connectivity index (χ2n) is 4.08. The lowest BCUT2D eigenvalue weighted by molar-refractivity contribution is -0.118. The average molecular weight is 234 g/mol. The van der Waals surface area contributed by atoms with Crippen LogP contribution < -0.4 is 11.1 Å². The molecule has 2 rings (SSSR count). The number of nitrogens with zero attached hydrogens (tertiary/aromatic N) is 3. The Hall–Kier alpha value is -2.02. The number of nitrogens with two attached hydrogens (primary N) is 1. The van der Waals surface area contributed by atoms with Crippen molar-refractivity contribution in [3.8, 4) is 0 Å². The predicted octanol–water partition coefficient (Wildman–Crippen LogP) is 0.275. The lowest BCUT2D eigenvalue weighted by Gasteiger charge is -2.14. The number of aromatic amines is 1. The van der Waals surface area contributed by atoms with Crippen molar-refractivity contribution in [2.75, 3.05) is 5.32 Å². The number of hydrogen-bond acceptors (Lipinski definition) is 5. The van der Waals surface area contributed by atoms with Crippen LogP contribution in [0.15, 0.2) is 12.7 Å². The Kier molecular flexibility index (Phi) is 3.01. The molecule has 0 bridgehead atoms. The van der Waals surface area contributed by atoms with Crippen LogP contribution in [0.2, 0.25) is 0 Å². The van der Waals surface area contributed by atoms with E-state index in [1.54, 1.807) is 0 Å². The molecule has 2 aromatic heterocycles. The van der Waals surface area contributed by atoms with Crippen LogP contribution in [0.5, 0.6) is 0 Å². The van der Waals surface area contributed by atoms with Gasteiger partial charge in [-0.3, -0.25) is 4.79 Å². The van der Waals surface area contributed by atoms with E-state index in [1.807, 2.05) is 13.8 Å². The standard InChI is InChI=1S/C10H14N6O/c1-5(2)6(11)10(17)16-9-7-8(13-3-12-7)14-4-15-9/h3-6H,11H2,1-2H3,(H2,12,13,14,15,16,17). The first-order valence-electron chi connectivity index (χ1n) is 5.30. The maximum atomic E-state index is 11.8. The van der Waals surface area contributed by atoms with Gasteiger partial charge in [0.05, 0.1) is 12.4 Å². The molecule has 1 amide bonds. The molecule has 0 aliphatic heterocycles. The van der Waals surface area contributed by atoms with Crippen molar-refractivity contribution in [2.45, 2.75) is 19.9 Å². The summed E-state index contributed by atoms with van der Waals surface area (Å²) in [6.45, 7) is 3.77. The summed E-state index contributed by atoms with van der Waals surface area (Å²) in [5.74, 6) is 0.192. The molecule has 7 heteroatoms.